The Morgan fingerprint density at radius 2 is 1.79 bits per heavy atom. The molecule has 0 spiro atoms. The Morgan fingerprint density at radius 3 is 2.47 bits per heavy atom. The molecule has 9 heteroatoms. The van der Waals surface area contributed by atoms with Gasteiger partial charge in [-0.1, -0.05) is 12.1 Å². The first-order valence-electron chi connectivity index (χ1n) is 5.20. The van der Waals surface area contributed by atoms with Crippen molar-refractivity contribution in [1.82, 2.24) is 24.5 Å². The summed E-state index contributed by atoms with van der Waals surface area (Å²) in [6, 6.07) is 6.90. The van der Waals surface area contributed by atoms with Crippen molar-refractivity contribution in [3.63, 3.8) is 0 Å². The summed E-state index contributed by atoms with van der Waals surface area (Å²) in [7, 11) is -3.99. The van der Waals surface area contributed by atoms with Crippen LogP contribution in [0.3, 0.4) is 0 Å². The Bertz CT molecular complexity index is 843. The Balaban J connectivity index is 2.45. The van der Waals surface area contributed by atoms with E-state index >= 15 is 0 Å². The van der Waals surface area contributed by atoms with E-state index in [0.717, 1.165) is 0 Å². The molecule has 0 bridgehead atoms. The zero-order chi connectivity index (χ0) is 13.5. The molecule has 0 saturated heterocycles. The highest BCUT2D eigenvalue weighted by Gasteiger charge is 2.22. The molecule has 0 aliphatic rings. The van der Waals surface area contributed by atoms with Gasteiger partial charge < -0.3 is 0 Å². The number of rotatable bonds is 2. The molecule has 0 saturated carbocycles. The molecule has 3 rings (SSSR count). The molecular weight excluding hydrogens is 268 g/mol. The van der Waals surface area contributed by atoms with Gasteiger partial charge in [-0.3, -0.25) is 0 Å². The van der Waals surface area contributed by atoms with Gasteiger partial charge in [0.15, 0.2) is 0 Å². The van der Waals surface area contributed by atoms with Crippen LogP contribution in [-0.2, 0) is 10.0 Å². The molecule has 96 valence electrons. The Kier molecular flexibility index (Phi) is 2.50. The van der Waals surface area contributed by atoms with Crippen LogP contribution in [0.5, 0.6) is 0 Å². The number of nitrogens with two attached hydrogens (primary N) is 1. The number of imidazole rings is 1. The van der Waals surface area contributed by atoms with Gasteiger partial charge in [0.25, 0.3) is 15.2 Å². The molecule has 19 heavy (non-hydrogen) atoms. The van der Waals surface area contributed by atoms with Gasteiger partial charge in [-0.2, -0.15) is 0 Å². The summed E-state index contributed by atoms with van der Waals surface area (Å²) in [4.78, 5) is 15.6. The summed E-state index contributed by atoms with van der Waals surface area (Å²) in [6.07, 6.45) is 2.54. The van der Waals surface area contributed by atoms with Crippen molar-refractivity contribution in [2.75, 3.05) is 0 Å². The number of fused-ring (bicyclic) bond motifs is 1. The lowest BCUT2D eigenvalue weighted by atomic mass is 10.3. The highest BCUT2D eigenvalue weighted by molar-refractivity contribution is 7.89. The van der Waals surface area contributed by atoms with E-state index in [1.165, 1.54) is 17.2 Å². The quantitative estimate of drug-likeness (QED) is 0.696. The predicted octanol–water partition coefficient (Wildman–Crippen LogP) is -0.142. The van der Waals surface area contributed by atoms with Gasteiger partial charge in [0.2, 0.25) is 5.95 Å². The zero-order valence-corrected chi connectivity index (χ0v) is 10.3. The van der Waals surface area contributed by atoms with Crippen LogP contribution in [0.15, 0.2) is 42.1 Å². The molecule has 0 fully saturated rings. The standard InChI is InChI=1S/C10H8N6O2S/c11-19(17,18)10-15-7-3-1-2-4-8(7)16(10)9-13-5-12-6-14-9/h1-6H,(H2,11,17,18). The summed E-state index contributed by atoms with van der Waals surface area (Å²) in [6.45, 7) is 0. The zero-order valence-electron chi connectivity index (χ0n) is 9.50. The maximum Gasteiger partial charge on any atom is 0.272 e. The van der Waals surface area contributed by atoms with Gasteiger partial charge >= 0.3 is 0 Å². The number of benzene rings is 1. The minimum absolute atomic E-state index is 0.146. The third-order valence-electron chi connectivity index (χ3n) is 2.46. The number of hydrogen-bond acceptors (Lipinski definition) is 6. The summed E-state index contributed by atoms with van der Waals surface area (Å²) in [5, 5.41) is 4.87. The van der Waals surface area contributed by atoms with Gasteiger partial charge in [-0.25, -0.2) is 38.1 Å². The van der Waals surface area contributed by atoms with Crippen molar-refractivity contribution in [2.24, 2.45) is 5.14 Å². The molecule has 0 atom stereocenters. The molecule has 0 aliphatic carbocycles. The van der Waals surface area contributed by atoms with Crippen LogP contribution in [0.25, 0.3) is 17.0 Å². The molecule has 2 heterocycles. The number of aromatic nitrogens is 5. The number of sulfonamides is 1. The molecule has 8 nitrogen and oxygen atoms in total. The highest BCUT2D eigenvalue weighted by atomic mass is 32.2. The Hall–Kier alpha value is -2.39. The van der Waals surface area contributed by atoms with Crippen LogP contribution < -0.4 is 5.14 Å². The monoisotopic (exact) mass is 276 g/mol. The fourth-order valence-corrected chi connectivity index (χ4v) is 2.40. The lowest BCUT2D eigenvalue weighted by molar-refractivity contribution is 0.585. The van der Waals surface area contributed by atoms with E-state index < -0.39 is 10.0 Å². The fraction of sp³-hybridized carbons (Fsp3) is 0. The van der Waals surface area contributed by atoms with E-state index in [2.05, 4.69) is 19.9 Å². The maximum absolute atomic E-state index is 11.6. The van der Waals surface area contributed by atoms with E-state index in [0.29, 0.717) is 11.0 Å². The van der Waals surface area contributed by atoms with Crippen molar-refractivity contribution < 1.29 is 8.42 Å². The van der Waals surface area contributed by atoms with E-state index in [1.54, 1.807) is 24.3 Å². The number of hydrogen-bond donors (Lipinski definition) is 1. The first kappa shape index (κ1) is 11.7. The second-order valence-corrected chi connectivity index (χ2v) is 5.16. The largest absolute Gasteiger partial charge is 0.272 e. The molecular formula is C10H8N6O2S. The van der Waals surface area contributed by atoms with Crippen molar-refractivity contribution >= 4 is 21.1 Å². The van der Waals surface area contributed by atoms with Crippen LogP contribution in [-0.4, -0.2) is 32.9 Å². The van der Waals surface area contributed by atoms with Gasteiger partial charge in [-0.15, -0.1) is 0 Å². The number of nitrogens with zero attached hydrogens (tertiary/aromatic N) is 5. The van der Waals surface area contributed by atoms with Gasteiger partial charge in [0.1, 0.15) is 12.7 Å². The second-order valence-electron chi connectivity index (χ2n) is 3.70. The molecule has 1 aromatic carbocycles. The summed E-state index contributed by atoms with van der Waals surface area (Å²) in [5.41, 5.74) is 1.05. The van der Waals surface area contributed by atoms with E-state index in [4.69, 9.17) is 5.14 Å². The number of primary sulfonamides is 1. The molecule has 0 radical (unpaired) electrons. The maximum atomic E-state index is 11.6. The van der Waals surface area contributed by atoms with Crippen molar-refractivity contribution in [2.45, 2.75) is 5.16 Å². The van der Waals surface area contributed by atoms with E-state index in [-0.39, 0.29) is 11.1 Å². The first-order valence-corrected chi connectivity index (χ1v) is 6.74. The smallest absolute Gasteiger partial charge is 0.250 e. The fourth-order valence-electron chi connectivity index (χ4n) is 1.74. The minimum atomic E-state index is -3.99. The molecule has 2 aromatic heterocycles. The molecule has 2 N–H and O–H groups in total. The Morgan fingerprint density at radius 1 is 1.11 bits per heavy atom. The highest BCUT2D eigenvalue weighted by Crippen LogP contribution is 2.21. The lowest BCUT2D eigenvalue weighted by Gasteiger charge is -2.04. The third-order valence-corrected chi connectivity index (χ3v) is 3.25. The van der Waals surface area contributed by atoms with Crippen LogP contribution in [0, 0.1) is 0 Å². The van der Waals surface area contributed by atoms with Crippen LogP contribution in [0.2, 0.25) is 0 Å². The van der Waals surface area contributed by atoms with Crippen LogP contribution in [0.4, 0.5) is 0 Å². The lowest BCUT2D eigenvalue weighted by Crippen LogP contribution is -2.18. The van der Waals surface area contributed by atoms with Crippen molar-refractivity contribution in [3.8, 4) is 5.95 Å². The van der Waals surface area contributed by atoms with Crippen LogP contribution in [0.1, 0.15) is 0 Å². The van der Waals surface area contributed by atoms with Gasteiger partial charge in [0, 0.05) is 0 Å². The number of para-hydroxylation sites is 2. The topological polar surface area (TPSA) is 117 Å². The summed E-state index contributed by atoms with van der Waals surface area (Å²) in [5.74, 6) is 0.146. The van der Waals surface area contributed by atoms with E-state index in [1.807, 2.05) is 0 Å². The van der Waals surface area contributed by atoms with Gasteiger partial charge in [-0.05, 0) is 12.1 Å². The van der Waals surface area contributed by atoms with Crippen molar-refractivity contribution in [3.05, 3.63) is 36.9 Å². The predicted molar refractivity (Wildman–Crippen MR) is 65.8 cm³/mol. The Labute approximate surface area is 108 Å². The van der Waals surface area contributed by atoms with E-state index in [9.17, 15) is 8.42 Å². The molecule has 3 aromatic rings. The average molecular weight is 276 g/mol. The van der Waals surface area contributed by atoms with Gasteiger partial charge in [0.05, 0.1) is 11.0 Å². The summed E-state index contributed by atoms with van der Waals surface area (Å²) >= 11 is 0. The second kappa shape index (κ2) is 4.07. The first-order chi connectivity index (χ1) is 9.07. The minimum Gasteiger partial charge on any atom is -0.250 e. The SMILES string of the molecule is NS(=O)(=O)c1nc2ccccc2n1-c1ncncn1. The molecule has 0 aliphatic heterocycles. The molecule has 0 amide bonds. The molecule has 0 unspecified atom stereocenters. The summed E-state index contributed by atoms with van der Waals surface area (Å²) < 4.78 is 24.5. The average Bonchev–Trinajstić information content (AvgIpc) is 2.79. The van der Waals surface area contributed by atoms with Crippen molar-refractivity contribution in [1.29, 1.82) is 0 Å². The van der Waals surface area contributed by atoms with Crippen LogP contribution >= 0.6 is 0 Å². The normalized spacial score (nSPS) is 11.8. The third kappa shape index (κ3) is 1.94.